The van der Waals surface area contributed by atoms with Crippen LogP contribution in [0.25, 0.3) is 0 Å². The highest BCUT2D eigenvalue weighted by Crippen LogP contribution is 2.47. The predicted molar refractivity (Wildman–Crippen MR) is 124 cm³/mol. The van der Waals surface area contributed by atoms with E-state index in [9.17, 15) is 10.2 Å². The Kier molecular flexibility index (Phi) is 5.91. The first-order valence-corrected chi connectivity index (χ1v) is 11.4. The molecule has 166 valence electrons. The summed E-state index contributed by atoms with van der Waals surface area (Å²) in [5, 5.41) is 19.6. The molecule has 0 spiro atoms. The zero-order chi connectivity index (χ0) is 21.9. The van der Waals surface area contributed by atoms with Gasteiger partial charge in [-0.05, 0) is 67.4 Å². The highest BCUT2D eigenvalue weighted by molar-refractivity contribution is 5.51. The average Bonchev–Trinajstić information content (AvgIpc) is 3.33. The summed E-state index contributed by atoms with van der Waals surface area (Å²) in [6.45, 7) is 4.54. The van der Waals surface area contributed by atoms with E-state index in [0.29, 0.717) is 13.2 Å². The van der Waals surface area contributed by atoms with Crippen LogP contribution in [0.5, 0.6) is 23.0 Å². The summed E-state index contributed by atoms with van der Waals surface area (Å²) in [5.41, 5.74) is 3.33. The van der Waals surface area contributed by atoms with Crippen molar-refractivity contribution in [2.75, 3.05) is 32.8 Å². The second-order valence-electron chi connectivity index (χ2n) is 8.68. The lowest BCUT2D eigenvalue weighted by molar-refractivity contribution is 0.237. The molecular weight excluding hydrogens is 402 g/mol. The van der Waals surface area contributed by atoms with Crippen molar-refractivity contribution < 1.29 is 19.7 Å². The molecule has 5 nitrogen and oxygen atoms in total. The third kappa shape index (κ3) is 4.39. The zero-order valence-electron chi connectivity index (χ0n) is 18.1. The van der Waals surface area contributed by atoms with Gasteiger partial charge in [-0.3, -0.25) is 4.90 Å². The molecule has 32 heavy (non-hydrogen) atoms. The van der Waals surface area contributed by atoms with Crippen LogP contribution < -0.4 is 9.47 Å². The Morgan fingerprint density at radius 1 is 0.844 bits per heavy atom. The lowest BCUT2D eigenvalue weighted by Gasteiger charge is -2.34. The van der Waals surface area contributed by atoms with Crippen LogP contribution in [-0.2, 0) is 0 Å². The maximum Gasteiger partial charge on any atom is 0.126 e. The van der Waals surface area contributed by atoms with E-state index in [2.05, 4.69) is 17.0 Å². The van der Waals surface area contributed by atoms with Gasteiger partial charge in [-0.2, -0.15) is 0 Å². The number of likely N-dealkylation sites (tertiary alicyclic amines) is 1. The van der Waals surface area contributed by atoms with Gasteiger partial charge in [0.2, 0.25) is 0 Å². The van der Waals surface area contributed by atoms with Gasteiger partial charge in [0.05, 0.1) is 6.61 Å². The Morgan fingerprint density at radius 2 is 1.53 bits per heavy atom. The predicted octanol–water partition coefficient (Wildman–Crippen LogP) is 4.88. The van der Waals surface area contributed by atoms with E-state index >= 15 is 0 Å². The number of rotatable bonds is 6. The van der Waals surface area contributed by atoms with Crippen molar-refractivity contribution in [1.82, 2.24) is 4.90 Å². The quantitative estimate of drug-likeness (QED) is 0.582. The van der Waals surface area contributed by atoms with Crippen molar-refractivity contribution in [1.29, 1.82) is 0 Å². The molecule has 1 saturated heterocycles. The number of aromatic hydroxyl groups is 2. The van der Waals surface area contributed by atoms with E-state index in [1.807, 2.05) is 30.3 Å². The van der Waals surface area contributed by atoms with Crippen LogP contribution >= 0.6 is 0 Å². The minimum absolute atomic E-state index is 0.0718. The molecule has 0 aliphatic carbocycles. The monoisotopic (exact) mass is 431 g/mol. The summed E-state index contributed by atoms with van der Waals surface area (Å²) in [5.74, 6) is 2.22. The molecule has 0 bridgehead atoms. The van der Waals surface area contributed by atoms with Gasteiger partial charge in [0.25, 0.3) is 0 Å². The van der Waals surface area contributed by atoms with Gasteiger partial charge in [0, 0.05) is 30.0 Å². The van der Waals surface area contributed by atoms with Gasteiger partial charge < -0.3 is 19.7 Å². The number of fused-ring (bicyclic) bond motifs is 1. The molecule has 1 fully saturated rings. The smallest absolute Gasteiger partial charge is 0.126 e. The maximum atomic E-state index is 9.93. The van der Waals surface area contributed by atoms with Crippen LogP contribution in [0.3, 0.4) is 0 Å². The SMILES string of the molecule is Oc1ccc([C@@H]2COc3cc(O)ccc3[C@H]2c2ccc(OCCN3CCCC3)cc2)cc1. The first kappa shape index (κ1) is 20.7. The topological polar surface area (TPSA) is 62.2 Å². The van der Waals surface area contributed by atoms with E-state index in [1.54, 1.807) is 24.3 Å². The minimum Gasteiger partial charge on any atom is -0.508 e. The van der Waals surface area contributed by atoms with Crippen LogP contribution in [0.15, 0.2) is 66.7 Å². The molecule has 3 aromatic carbocycles. The molecule has 2 heterocycles. The van der Waals surface area contributed by atoms with Crippen LogP contribution in [0.2, 0.25) is 0 Å². The summed E-state index contributed by atoms with van der Waals surface area (Å²) in [4.78, 5) is 2.45. The molecule has 0 unspecified atom stereocenters. The van der Waals surface area contributed by atoms with Crippen molar-refractivity contribution in [3.8, 4) is 23.0 Å². The van der Waals surface area contributed by atoms with Crippen LogP contribution in [0.1, 0.15) is 41.4 Å². The van der Waals surface area contributed by atoms with Crippen LogP contribution in [0.4, 0.5) is 0 Å². The summed E-state index contributed by atoms with van der Waals surface area (Å²) in [6, 6.07) is 21.0. The normalized spacial score (nSPS) is 20.5. The van der Waals surface area contributed by atoms with Crippen molar-refractivity contribution in [2.24, 2.45) is 0 Å². The average molecular weight is 432 g/mol. The summed E-state index contributed by atoms with van der Waals surface area (Å²) in [6.07, 6.45) is 2.59. The Balaban J connectivity index is 1.39. The molecule has 3 aromatic rings. The Bertz CT molecular complexity index is 1040. The standard InChI is InChI=1S/C27H29NO4/c29-21-7-3-19(4-8-21)25-18-32-26-17-22(30)9-12-24(26)27(25)20-5-10-23(11-6-20)31-16-15-28-13-1-2-14-28/h3-12,17,25,27,29-30H,1-2,13-16,18H2/t25-,27+/m0/s1. The van der Waals surface area contributed by atoms with E-state index < -0.39 is 0 Å². The molecule has 0 radical (unpaired) electrons. The largest absolute Gasteiger partial charge is 0.508 e. The molecule has 2 atom stereocenters. The Hall–Kier alpha value is -3.18. The molecule has 2 aliphatic rings. The third-order valence-corrected chi connectivity index (χ3v) is 6.59. The zero-order valence-corrected chi connectivity index (χ0v) is 18.1. The van der Waals surface area contributed by atoms with E-state index in [-0.39, 0.29) is 23.3 Å². The Labute approximate surface area is 188 Å². The molecule has 0 saturated carbocycles. The fourth-order valence-corrected chi connectivity index (χ4v) is 4.89. The number of phenolic OH excluding ortho intramolecular Hbond substituents is 2. The molecule has 0 amide bonds. The first-order chi connectivity index (χ1) is 15.7. The lowest BCUT2D eigenvalue weighted by Crippen LogP contribution is -2.25. The van der Waals surface area contributed by atoms with Crippen LogP contribution in [-0.4, -0.2) is 48.0 Å². The third-order valence-electron chi connectivity index (χ3n) is 6.59. The molecular formula is C27H29NO4. The number of hydrogen-bond donors (Lipinski definition) is 2. The molecule has 2 aliphatic heterocycles. The van der Waals surface area contributed by atoms with Crippen molar-refractivity contribution in [3.63, 3.8) is 0 Å². The first-order valence-electron chi connectivity index (χ1n) is 11.4. The van der Waals surface area contributed by atoms with E-state index in [4.69, 9.17) is 9.47 Å². The van der Waals surface area contributed by atoms with Gasteiger partial charge >= 0.3 is 0 Å². The minimum atomic E-state index is 0.0718. The number of phenols is 2. The highest BCUT2D eigenvalue weighted by Gasteiger charge is 2.33. The van der Waals surface area contributed by atoms with Gasteiger partial charge in [-0.25, -0.2) is 0 Å². The van der Waals surface area contributed by atoms with Gasteiger partial charge in [0.1, 0.15) is 29.6 Å². The van der Waals surface area contributed by atoms with Gasteiger partial charge in [-0.15, -0.1) is 0 Å². The molecule has 0 aromatic heterocycles. The fraction of sp³-hybridized carbons (Fsp3) is 0.333. The van der Waals surface area contributed by atoms with Gasteiger partial charge in [-0.1, -0.05) is 30.3 Å². The summed E-state index contributed by atoms with van der Waals surface area (Å²) >= 11 is 0. The number of ether oxygens (including phenoxy) is 2. The highest BCUT2D eigenvalue weighted by atomic mass is 16.5. The van der Waals surface area contributed by atoms with Crippen LogP contribution in [0, 0.1) is 0 Å². The van der Waals surface area contributed by atoms with Crippen molar-refractivity contribution in [3.05, 3.63) is 83.4 Å². The van der Waals surface area contributed by atoms with E-state index in [0.717, 1.165) is 29.2 Å². The number of benzene rings is 3. The Morgan fingerprint density at radius 3 is 2.28 bits per heavy atom. The van der Waals surface area contributed by atoms with E-state index in [1.165, 1.54) is 31.5 Å². The molecule has 5 heteroatoms. The molecule has 5 rings (SSSR count). The van der Waals surface area contributed by atoms with Crippen molar-refractivity contribution in [2.45, 2.75) is 24.7 Å². The summed E-state index contributed by atoms with van der Waals surface area (Å²) < 4.78 is 12.0. The molecule has 2 N–H and O–H groups in total. The summed E-state index contributed by atoms with van der Waals surface area (Å²) in [7, 11) is 0. The fourth-order valence-electron chi connectivity index (χ4n) is 4.89. The lowest BCUT2D eigenvalue weighted by atomic mass is 9.76. The van der Waals surface area contributed by atoms with Gasteiger partial charge in [0.15, 0.2) is 0 Å². The maximum absolute atomic E-state index is 9.93. The number of hydrogen-bond acceptors (Lipinski definition) is 5. The second-order valence-corrected chi connectivity index (χ2v) is 8.68. The van der Waals surface area contributed by atoms with Crippen molar-refractivity contribution >= 4 is 0 Å². The number of nitrogens with zero attached hydrogens (tertiary/aromatic N) is 1. The second kappa shape index (κ2) is 9.13.